The Kier molecular flexibility index (Phi) is 4.11. The molecule has 94 valence electrons. The van der Waals surface area contributed by atoms with Crippen LogP contribution in [0.25, 0.3) is 0 Å². The van der Waals surface area contributed by atoms with Gasteiger partial charge in [-0.1, -0.05) is 41.9 Å². The highest BCUT2D eigenvalue weighted by Crippen LogP contribution is 2.28. The maximum Gasteiger partial charge on any atom is 0.0660 e. The van der Waals surface area contributed by atoms with E-state index in [4.69, 9.17) is 17.3 Å². The largest absolute Gasteiger partial charge is 0.399 e. The van der Waals surface area contributed by atoms with Crippen LogP contribution in [0.15, 0.2) is 48.5 Å². The van der Waals surface area contributed by atoms with Crippen LogP contribution in [0.5, 0.6) is 0 Å². The van der Waals surface area contributed by atoms with Crippen LogP contribution in [0.1, 0.15) is 12.5 Å². The van der Waals surface area contributed by atoms with Gasteiger partial charge in [0.25, 0.3) is 0 Å². The van der Waals surface area contributed by atoms with Crippen molar-refractivity contribution in [2.75, 3.05) is 17.2 Å². The van der Waals surface area contributed by atoms with Gasteiger partial charge in [-0.3, -0.25) is 0 Å². The predicted molar refractivity (Wildman–Crippen MR) is 79.0 cm³/mol. The third-order valence-electron chi connectivity index (χ3n) is 2.91. The molecule has 0 aliphatic carbocycles. The zero-order valence-corrected chi connectivity index (χ0v) is 11.2. The van der Waals surface area contributed by atoms with E-state index in [2.05, 4.69) is 24.0 Å². The molecule has 0 radical (unpaired) electrons. The van der Waals surface area contributed by atoms with Crippen LogP contribution >= 0.6 is 11.6 Å². The first-order valence-corrected chi connectivity index (χ1v) is 6.42. The molecule has 2 rings (SSSR count). The number of nitrogen functional groups attached to an aromatic ring is 1. The van der Waals surface area contributed by atoms with Crippen molar-refractivity contribution in [1.82, 2.24) is 0 Å². The van der Waals surface area contributed by atoms with Crippen molar-refractivity contribution in [3.63, 3.8) is 0 Å². The Hall–Kier alpha value is -1.67. The molecule has 2 aromatic carbocycles. The van der Waals surface area contributed by atoms with E-state index in [0.717, 1.165) is 18.8 Å². The molecule has 0 aromatic heterocycles. The monoisotopic (exact) mass is 260 g/mol. The minimum absolute atomic E-state index is 0.694. The summed E-state index contributed by atoms with van der Waals surface area (Å²) in [6, 6.07) is 16.0. The number of halogens is 1. The van der Waals surface area contributed by atoms with Gasteiger partial charge in [-0.2, -0.15) is 0 Å². The number of benzene rings is 2. The van der Waals surface area contributed by atoms with E-state index in [0.29, 0.717) is 10.7 Å². The Labute approximate surface area is 113 Å². The summed E-state index contributed by atoms with van der Waals surface area (Å²) in [4.78, 5) is 2.23. The molecule has 18 heavy (non-hydrogen) atoms. The third kappa shape index (κ3) is 2.96. The maximum atomic E-state index is 6.25. The van der Waals surface area contributed by atoms with Gasteiger partial charge < -0.3 is 10.6 Å². The van der Waals surface area contributed by atoms with E-state index in [1.165, 1.54) is 5.56 Å². The van der Waals surface area contributed by atoms with E-state index in [9.17, 15) is 0 Å². The summed E-state index contributed by atoms with van der Waals surface area (Å²) < 4.78 is 0. The molecule has 0 fully saturated rings. The zero-order chi connectivity index (χ0) is 13.0. The molecule has 0 atom stereocenters. The molecule has 0 saturated heterocycles. The summed E-state index contributed by atoms with van der Waals surface area (Å²) in [7, 11) is 0. The quantitative estimate of drug-likeness (QED) is 0.844. The summed E-state index contributed by atoms with van der Waals surface area (Å²) in [5.41, 5.74) is 8.71. The molecule has 0 amide bonds. The molecule has 0 aliphatic rings. The highest BCUT2D eigenvalue weighted by atomic mass is 35.5. The molecule has 0 aliphatic heterocycles. The fraction of sp³-hybridized carbons (Fsp3) is 0.200. The average Bonchev–Trinajstić information content (AvgIpc) is 2.38. The topological polar surface area (TPSA) is 29.3 Å². The van der Waals surface area contributed by atoms with Crippen LogP contribution in [0.3, 0.4) is 0 Å². The van der Waals surface area contributed by atoms with Crippen LogP contribution in [0.4, 0.5) is 11.4 Å². The van der Waals surface area contributed by atoms with Gasteiger partial charge >= 0.3 is 0 Å². The molecular weight excluding hydrogens is 244 g/mol. The van der Waals surface area contributed by atoms with Crippen LogP contribution < -0.4 is 10.6 Å². The van der Waals surface area contributed by atoms with Gasteiger partial charge in [-0.25, -0.2) is 0 Å². The van der Waals surface area contributed by atoms with Crippen LogP contribution in [-0.4, -0.2) is 6.54 Å². The SMILES string of the molecule is CCN(Cc1ccccc1)c1ccc(N)cc1Cl. The molecule has 2 aromatic rings. The number of nitrogens with two attached hydrogens (primary N) is 1. The van der Waals surface area contributed by atoms with Crippen molar-refractivity contribution < 1.29 is 0 Å². The lowest BCUT2D eigenvalue weighted by Gasteiger charge is -2.24. The number of anilines is 2. The number of hydrogen-bond acceptors (Lipinski definition) is 2. The smallest absolute Gasteiger partial charge is 0.0660 e. The van der Waals surface area contributed by atoms with Crippen molar-refractivity contribution in [2.24, 2.45) is 0 Å². The second kappa shape index (κ2) is 5.78. The minimum atomic E-state index is 0.694. The zero-order valence-electron chi connectivity index (χ0n) is 10.4. The maximum absolute atomic E-state index is 6.25. The van der Waals surface area contributed by atoms with E-state index in [1.807, 2.05) is 30.3 Å². The van der Waals surface area contributed by atoms with Gasteiger partial charge in [0.2, 0.25) is 0 Å². The van der Waals surface area contributed by atoms with Gasteiger partial charge in [-0.15, -0.1) is 0 Å². The molecule has 3 heteroatoms. The highest BCUT2D eigenvalue weighted by molar-refractivity contribution is 6.33. The molecule has 0 spiro atoms. The molecular formula is C15H17ClN2. The first-order chi connectivity index (χ1) is 8.70. The Morgan fingerprint density at radius 3 is 2.44 bits per heavy atom. The first kappa shape index (κ1) is 12.8. The molecule has 0 bridgehead atoms. The van der Waals surface area contributed by atoms with Gasteiger partial charge in [0.05, 0.1) is 10.7 Å². The van der Waals surface area contributed by atoms with Crippen molar-refractivity contribution >= 4 is 23.0 Å². The lowest BCUT2D eigenvalue weighted by Crippen LogP contribution is -2.22. The standard InChI is InChI=1S/C15H17ClN2/c1-2-18(11-12-6-4-3-5-7-12)15-9-8-13(17)10-14(15)16/h3-10H,2,11,17H2,1H3. The molecule has 0 heterocycles. The van der Waals surface area contributed by atoms with Gasteiger partial charge in [0, 0.05) is 18.8 Å². The Morgan fingerprint density at radius 1 is 1.11 bits per heavy atom. The van der Waals surface area contributed by atoms with Gasteiger partial charge in [0.15, 0.2) is 0 Å². The van der Waals surface area contributed by atoms with Crippen molar-refractivity contribution in [1.29, 1.82) is 0 Å². The van der Waals surface area contributed by atoms with Crippen molar-refractivity contribution in [2.45, 2.75) is 13.5 Å². The molecule has 0 saturated carbocycles. The fourth-order valence-electron chi connectivity index (χ4n) is 1.95. The summed E-state index contributed by atoms with van der Waals surface area (Å²) in [5, 5.41) is 0.702. The first-order valence-electron chi connectivity index (χ1n) is 6.04. The summed E-state index contributed by atoms with van der Waals surface area (Å²) in [6.45, 7) is 3.87. The third-order valence-corrected chi connectivity index (χ3v) is 3.21. The highest BCUT2D eigenvalue weighted by Gasteiger charge is 2.09. The molecule has 0 unspecified atom stereocenters. The second-order valence-electron chi connectivity index (χ2n) is 4.21. The normalized spacial score (nSPS) is 10.3. The Morgan fingerprint density at radius 2 is 1.83 bits per heavy atom. The van der Waals surface area contributed by atoms with E-state index in [1.54, 1.807) is 6.07 Å². The van der Waals surface area contributed by atoms with Crippen molar-refractivity contribution in [3.8, 4) is 0 Å². The van der Waals surface area contributed by atoms with E-state index < -0.39 is 0 Å². The summed E-state index contributed by atoms with van der Waals surface area (Å²) in [6.07, 6.45) is 0. The van der Waals surface area contributed by atoms with Crippen molar-refractivity contribution in [3.05, 3.63) is 59.1 Å². The van der Waals surface area contributed by atoms with E-state index >= 15 is 0 Å². The molecule has 2 N–H and O–H groups in total. The lowest BCUT2D eigenvalue weighted by atomic mass is 10.2. The van der Waals surface area contributed by atoms with E-state index in [-0.39, 0.29) is 0 Å². The Balaban J connectivity index is 2.23. The average molecular weight is 261 g/mol. The molecule has 2 nitrogen and oxygen atoms in total. The number of nitrogens with zero attached hydrogens (tertiary/aromatic N) is 1. The van der Waals surface area contributed by atoms with Gasteiger partial charge in [-0.05, 0) is 30.7 Å². The summed E-state index contributed by atoms with van der Waals surface area (Å²) in [5.74, 6) is 0. The van der Waals surface area contributed by atoms with Crippen LogP contribution in [0.2, 0.25) is 5.02 Å². The fourth-order valence-corrected chi connectivity index (χ4v) is 2.26. The van der Waals surface area contributed by atoms with Crippen LogP contribution in [0, 0.1) is 0 Å². The Bertz CT molecular complexity index is 511. The van der Waals surface area contributed by atoms with Gasteiger partial charge in [0.1, 0.15) is 0 Å². The minimum Gasteiger partial charge on any atom is -0.399 e. The number of hydrogen-bond donors (Lipinski definition) is 1. The lowest BCUT2D eigenvalue weighted by molar-refractivity contribution is 0.832. The summed E-state index contributed by atoms with van der Waals surface area (Å²) >= 11 is 6.25. The predicted octanol–water partition coefficient (Wildman–Crippen LogP) is 3.95. The number of rotatable bonds is 4. The van der Waals surface area contributed by atoms with Crippen LogP contribution in [-0.2, 0) is 6.54 Å². The second-order valence-corrected chi connectivity index (χ2v) is 4.62.